The summed E-state index contributed by atoms with van der Waals surface area (Å²) in [5, 5.41) is 21.0. The first-order valence-electron chi connectivity index (χ1n) is 3.98. The Bertz CT molecular complexity index is 286. The van der Waals surface area contributed by atoms with Gasteiger partial charge in [0.1, 0.15) is 6.10 Å². The summed E-state index contributed by atoms with van der Waals surface area (Å²) >= 11 is 0. The summed E-state index contributed by atoms with van der Waals surface area (Å²) in [4.78, 5) is 31.5. The van der Waals surface area contributed by atoms with Crippen LogP contribution < -0.4 is 10.2 Å². The van der Waals surface area contributed by atoms with E-state index < -0.39 is 29.4 Å². The maximum atomic E-state index is 10.5. The number of nitrogens with two attached hydrogens (primary N) is 2. The van der Waals surface area contributed by atoms with Crippen molar-refractivity contribution in [3.05, 3.63) is 12.3 Å². The Morgan fingerprint density at radius 2 is 1.47 bits per heavy atom. The molecule has 100 valence electrons. The molecule has 0 aromatic rings. The van der Waals surface area contributed by atoms with Crippen molar-refractivity contribution in [3.8, 4) is 0 Å². The third kappa shape index (κ3) is 4.07. The zero-order valence-electron chi connectivity index (χ0n) is 8.91. The van der Waals surface area contributed by atoms with Gasteiger partial charge in [0.05, 0.1) is 17.4 Å². The van der Waals surface area contributed by atoms with Crippen LogP contribution >= 0.6 is 0 Å². The summed E-state index contributed by atoms with van der Waals surface area (Å²) in [5.74, 6) is -3.96. The molecule has 0 atom stereocenters. The van der Waals surface area contributed by atoms with E-state index in [4.69, 9.17) is 0 Å². The number of carbonyl (C=O) groups excluding carboxylic acids is 3. The van der Waals surface area contributed by atoms with Crippen molar-refractivity contribution in [2.24, 2.45) is 5.41 Å². The van der Waals surface area contributed by atoms with Gasteiger partial charge >= 0.3 is 27.0 Å². The molecule has 8 nitrogen and oxygen atoms in total. The van der Waals surface area contributed by atoms with Gasteiger partial charge in [0, 0.05) is 19.8 Å². The Hall–Kier alpha value is -0.982. The van der Waals surface area contributed by atoms with Gasteiger partial charge in [-0.3, -0.25) is 4.79 Å². The zero-order valence-corrected chi connectivity index (χ0v) is 11.2. The maximum Gasteiger partial charge on any atom is 4.00 e. The normalized spacial score (nSPS) is 16.1. The van der Waals surface area contributed by atoms with Gasteiger partial charge < -0.3 is 36.8 Å². The molecule has 0 bridgehead atoms. The van der Waals surface area contributed by atoms with E-state index in [1.165, 1.54) is 0 Å². The summed E-state index contributed by atoms with van der Waals surface area (Å²) in [5.41, 5.74) is -1.99. The summed E-state index contributed by atoms with van der Waals surface area (Å²) in [6, 6.07) is 0. The van der Waals surface area contributed by atoms with Crippen LogP contribution in [0, 0.1) is 5.41 Å². The van der Waals surface area contributed by atoms with Gasteiger partial charge in [0.25, 0.3) is 0 Å². The Morgan fingerprint density at radius 3 is 1.71 bits per heavy atom. The SMILES string of the molecule is CC(=O)OC1CC(C(=O)[O-])(C(=O)[O-])C1.[NH2-].[NH2-].[Pt+4]. The molecule has 1 rings (SSSR count). The minimum absolute atomic E-state index is 0. The number of rotatable bonds is 3. The molecule has 4 N–H and O–H groups in total. The molecule has 1 aliphatic carbocycles. The fourth-order valence-electron chi connectivity index (χ4n) is 1.45. The van der Waals surface area contributed by atoms with Crippen molar-refractivity contribution in [1.29, 1.82) is 0 Å². The molecular weight excluding hydrogens is 415 g/mol. The molecule has 0 amide bonds. The van der Waals surface area contributed by atoms with Crippen molar-refractivity contribution in [2.75, 3.05) is 0 Å². The van der Waals surface area contributed by atoms with E-state index in [0.717, 1.165) is 6.92 Å². The Morgan fingerprint density at radius 1 is 1.12 bits per heavy atom. The van der Waals surface area contributed by atoms with Gasteiger partial charge in [-0.15, -0.1) is 0 Å². The van der Waals surface area contributed by atoms with E-state index in [-0.39, 0.29) is 46.2 Å². The van der Waals surface area contributed by atoms with Crippen LogP contribution in [0.4, 0.5) is 0 Å². The number of carboxylic acid groups (broad SMARTS) is 2. The Balaban J connectivity index is -0.000000653. The van der Waals surface area contributed by atoms with Gasteiger partial charge in [0.2, 0.25) is 0 Å². The van der Waals surface area contributed by atoms with E-state index >= 15 is 0 Å². The molecule has 17 heavy (non-hydrogen) atoms. The zero-order chi connectivity index (χ0) is 10.9. The van der Waals surface area contributed by atoms with E-state index in [1.807, 2.05) is 0 Å². The van der Waals surface area contributed by atoms with E-state index in [0.29, 0.717) is 0 Å². The van der Waals surface area contributed by atoms with Crippen LogP contribution in [0.3, 0.4) is 0 Å². The van der Waals surface area contributed by atoms with Crippen molar-refractivity contribution in [3.63, 3.8) is 0 Å². The van der Waals surface area contributed by atoms with Crippen LogP contribution in [0.2, 0.25) is 0 Å². The molecule has 1 saturated carbocycles. The van der Waals surface area contributed by atoms with Crippen LogP contribution in [0.15, 0.2) is 0 Å². The maximum absolute atomic E-state index is 10.5. The van der Waals surface area contributed by atoms with Gasteiger partial charge in [-0.1, -0.05) is 0 Å². The average molecular weight is 427 g/mol. The molecule has 0 aromatic carbocycles. The van der Waals surface area contributed by atoms with E-state index in [9.17, 15) is 24.6 Å². The number of hydrogen-bond donors (Lipinski definition) is 0. The number of ether oxygens (including phenoxy) is 1. The molecule has 0 spiro atoms. The van der Waals surface area contributed by atoms with Crippen LogP contribution in [0.1, 0.15) is 19.8 Å². The van der Waals surface area contributed by atoms with Crippen LogP contribution in [0.25, 0.3) is 12.3 Å². The van der Waals surface area contributed by atoms with Gasteiger partial charge in [-0.2, -0.15) is 0 Å². The molecule has 0 saturated heterocycles. The molecule has 1 fully saturated rings. The third-order valence-electron chi connectivity index (χ3n) is 2.27. The largest absolute Gasteiger partial charge is 4.00 e. The van der Waals surface area contributed by atoms with Crippen LogP contribution in [0.5, 0.6) is 0 Å². The summed E-state index contributed by atoms with van der Waals surface area (Å²) in [7, 11) is 0. The molecule has 0 radical (unpaired) electrons. The fraction of sp³-hybridized carbons (Fsp3) is 0.625. The third-order valence-corrected chi connectivity index (χ3v) is 2.27. The topological polar surface area (TPSA) is 174 Å². The van der Waals surface area contributed by atoms with Gasteiger partial charge in [0.15, 0.2) is 0 Å². The van der Waals surface area contributed by atoms with Crippen LogP contribution in [-0.2, 0) is 40.2 Å². The number of carboxylic acids is 2. The van der Waals surface area contributed by atoms with Crippen molar-refractivity contribution >= 4 is 17.9 Å². The summed E-state index contributed by atoms with van der Waals surface area (Å²) < 4.78 is 4.62. The average Bonchev–Trinajstić information content (AvgIpc) is 1.93. The first-order chi connectivity index (χ1) is 6.38. The number of esters is 1. The molecule has 0 aliphatic heterocycles. The van der Waals surface area contributed by atoms with Crippen molar-refractivity contribution < 1.29 is 50.4 Å². The fourth-order valence-corrected chi connectivity index (χ4v) is 1.45. The first kappa shape index (κ1) is 21.3. The van der Waals surface area contributed by atoms with Gasteiger partial charge in [-0.25, -0.2) is 0 Å². The predicted molar refractivity (Wildman–Crippen MR) is 47.8 cm³/mol. The minimum Gasteiger partial charge on any atom is -0.693 e. The Kier molecular flexibility index (Phi) is 9.24. The van der Waals surface area contributed by atoms with Gasteiger partial charge in [-0.05, 0) is 0 Å². The second kappa shape index (κ2) is 7.36. The van der Waals surface area contributed by atoms with E-state index in [1.54, 1.807) is 0 Å². The smallest absolute Gasteiger partial charge is 0.693 e. The molecule has 0 unspecified atom stereocenters. The summed E-state index contributed by atoms with van der Waals surface area (Å²) in [6.07, 6.45) is -1.22. The standard InChI is InChI=1S/C8H10O6.2H2N.Pt/c1-4(9)14-5-2-8(3-5,6(10)11)7(12)13;;;/h5H,2-3H2,1H3,(H,10,11)(H,12,13);2*1H2;/q;2*-1;+4/p-2. The molecular formula is C8H12N2O6Pt. The number of hydrogen-bond acceptors (Lipinski definition) is 6. The molecule has 0 heterocycles. The summed E-state index contributed by atoms with van der Waals surface area (Å²) in [6.45, 7) is 1.16. The van der Waals surface area contributed by atoms with Crippen LogP contribution in [-0.4, -0.2) is 24.0 Å². The monoisotopic (exact) mass is 427 g/mol. The second-order valence-electron chi connectivity index (χ2n) is 3.30. The second-order valence-corrected chi connectivity index (χ2v) is 3.30. The Labute approximate surface area is 112 Å². The molecule has 1 aliphatic rings. The molecule has 0 aromatic heterocycles. The molecule has 9 heteroatoms. The number of aliphatic carboxylic acids is 2. The van der Waals surface area contributed by atoms with Crippen molar-refractivity contribution in [1.82, 2.24) is 0 Å². The number of carbonyl (C=O) groups is 3. The van der Waals surface area contributed by atoms with Crippen molar-refractivity contribution in [2.45, 2.75) is 25.9 Å². The van der Waals surface area contributed by atoms with E-state index in [2.05, 4.69) is 4.74 Å². The quantitative estimate of drug-likeness (QED) is 0.397. The minimum atomic E-state index is -1.99. The predicted octanol–water partition coefficient (Wildman–Crippen LogP) is -1.37. The first-order valence-corrected chi connectivity index (χ1v) is 3.98.